The maximum Gasteiger partial charge on any atom is 0.232 e. The monoisotopic (exact) mass is 178 g/mol. The van der Waals surface area contributed by atoms with Crippen LogP contribution in [0.2, 0.25) is 0 Å². The summed E-state index contributed by atoms with van der Waals surface area (Å²) in [5.74, 6) is -1.46. The van der Waals surface area contributed by atoms with E-state index in [1.54, 1.807) is 19.9 Å². The Morgan fingerprint density at radius 3 is 2.08 bits per heavy atom. The molecule has 0 aromatic rings. The van der Waals surface area contributed by atoms with Crippen molar-refractivity contribution in [1.82, 2.24) is 0 Å². The lowest BCUT2D eigenvalue weighted by Crippen LogP contribution is -2.29. The summed E-state index contributed by atoms with van der Waals surface area (Å²) in [6.45, 7) is 3.26. The smallest absolute Gasteiger partial charge is 0.232 e. The number of hydrogen-bond acceptors (Lipinski definition) is 3. The Bertz CT molecular complexity index is 345. The fraction of sp³-hybridized carbons (Fsp3) is 0.300. The second-order valence-corrected chi connectivity index (χ2v) is 2.77. The molecule has 0 spiro atoms. The van der Waals surface area contributed by atoms with E-state index in [2.05, 4.69) is 0 Å². The van der Waals surface area contributed by atoms with Crippen molar-refractivity contribution >= 4 is 17.3 Å². The van der Waals surface area contributed by atoms with Gasteiger partial charge in [0, 0.05) is 12.0 Å². The molecular weight excluding hydrogens is 168 g/mol. The van der Waals surface area contributed by atoms with E-state index in [9.17, 15) is 14.4 Å². The SMILES string of the molecule is CC=C1CC(=O)C(=O)C(=CC)C1=O. The van der Waals surface area contributed by atoms with Gasteiger partial charge in [0.2, 0.25) is 11.6 Å². The summed E-state index contributed by atoms with van der Waals surface area (Å²) in [6.07, 6.45) is 2.92. The van der Waals surface area contributed by atoms with Crippen molar-refractivity contribution in [1.29, 1.82) is 0 Å². The van der Waals surface area contributed by atoms with E-state index < -0.39 is 11.6 Å². The minimum atomic E-state index is -0.655. The van der Waals surface area contributed by atoms with Crippen LogP contribution < -0.4 is 0 Å². The molecule has 1 saturated carbocycles. The van der Waals surface area contributed by atoms with Crippen molar-refractivity contribution in [3.63, 3.8) is 0 Å². The number of Topliss-reactive ketones (excluding diaryl/α,β-unsaturated/α-hetero) is 3. The van der Waals surface area contributed by atoms with E-state index in [0.29, 0.717) is 5.57 Å². The molecule has 0 radical (unpaired) electrons. The quantitative estimate of drug-likeness (QED) is 0.316. The van der Waals surface area contributed by atoms with Crippen LogP contribution in [0.15, 0.2) is 23.3 Å². The van der Waals surface area contributed by atoms with Crippen LogP contribution in [0.4, 0.5) is 0 Å². The highest BCUT2D eigenvalue weighted by molar-refractivity contribution is 6.54. The summed E-state index contributed by atoms with van der Waals surface area (Å²) in [5.41, 5.74) is 0.419. The van der Waals surface area contributed by atoms with Gasteiger partial charge in [-0.05, 0) is 13.8 Å². The van der Waals surface area contributed by atoms with E-state index in [1.165, 1.54) is 6.08 Å². The molecule has 0 bridgehead atoms. The number of rotatable bonds is 0. The lowest BCUT2D eigenvalue weighted by molar-refractivity contribution is -0.136. The molecule has 3 heteroatoms. The molecule has 1 aliphatic rings. The third-order valence-electron chi connectivity index (χ3n) is 2.02. The zero-order valence-electron chi connectivity index (χ0n) is 7.59. The minimum Gasteiger partial charge on any atom is -0.290 e. The van der Waals surface area contributed by atoms with Gasteiger partial charge in [-0.3, -0.25) is 14.4 Å². The molecule has 0 aromatic heterocycles. The molecule has 1 aliphatic carbocycles. The Balaban J connectivity index is 3.17. The topological polar surface area (TPSA) is 51.2 Å². The van der Waals surface area contributed by atoms with Gasteiger partial charge < -0.3 is 0 Å². The van der Waals surface area contributed by atoms with Crippen LogP contribution in [0.1, 0.15) is 20.3 Å². The Hall–Kier alpha value is -1.51. The second-order valence-electron chi connectivity index (χ2n) is 2.77. The molecule has 13 heavy (non-hydrogen) atoms. The molecule has 0 unspecified atom stereocenters. The molecule has 3 nitrogen and oxygen atoms in total. The average molecular weight is 178 g/mol. The molecule has 0 amide bonds. The van der Waals surface area contributed by atoms with Crippen molar-refractivity contribution in [2.24, 2.45) is 0 Å². The first-order valence-corrected chi connectivity index (χ1v) is 4.05. The van der Waals surface area contributed by atoms with Crippen molar-refractivity contribution in [3.8, 4) is 0 Å². The van der Waals surface area contributed by atoms with Gasteiger partial charge in [-0.1, -0.05) is 12.2 Å². The van der Waals surface area contributed by atoms with Crippen LogP contribution in [0.3, 0.4) is 0 Å². The summed E-state index contributed by atoms with van der Waals surface area (Å²) in [5, 5.41) is 0. The molecular formula is C10H10O3. The average Bonchev–Trinajstić information content (AvgIpc) is 2.12. The van der Waals surface area contributed by atoms with Crippen molar-refractivity contribution in [3.05, 3.63) is 23.3 Å². The Kier molecular flexibility index (Phi) is 2.56. The zero-order valence-corrected chi connectivity index (χ0v) is 7.59. The van der Waals surface area contributed by atoms with Gasteiger partial charge in [0.25, 0.3) is 0 Å². The van der Waals surface area contributed by atoms with Gasteiger partial charge >= 0.3 is 0 Å². The molecule has 0 atom stereocenters. The summed E-state index contributed by atoms with van der Waals surface area (Å²) < 4.78 is 0. The highest BCUT2D eigenvalue weighted by atomic mass is 16.2. The minimum absolute atomic E-state index is 0.00403. The second kappa shape index (κ2) is 3.47. The molecule has 0 aliphatic heterocycles. The first kappa shape index (κ1) is 9.58. The standard InChI is InChI=1S/C10H10O3/c1-3-6-5-8(11)10(13)7(4-2)9(6)12/h3-4H,5H2,1-2H3. The Morgan fingerprint density at radius 2 is 1.62 bits per heavy atom. The van der Waals surface area contributed by atoms with Gasteiger partial charge in [-0.25, -0.2) is 0 Å². The van der Waals surface area contributed by atoms with Gasteiger partial charge in [0.1, 0.15) is 0 Å². The summed E-state index contributed by atoms with van der Waals surface area (Å²) in [6, 6.07) is 0. The fourth-order valence-corrected chi connectivity index (χ4v) is 1.26. The van der Waals surface area contributed by atoms with Gasteiger partial charge in [0.05, 0.1) is 5.57 Å². The van der Waals surface area contributed by atoms with Crippen LogP contribution in [-0.2, 0) is 14.4 Å². The highest BCUT2D eigenvalue weighted by Gasteiger charge is 2.32. The predicted octanol–water partition coefficient (Wildman–Crippen LogP) is 0.990. The molecule has 1 fully saturated rings. The maximum absolute atomic E-state index is 11.4. The first-order chi connectivity index (χ1) is 6.11. The lowest BCUT2D eigenvalue weighted by atomic mass is 9.87. The Labute approximate surface area is 76.1 Å². The molecule has 1 rings (SSSR count). The highest BCUT2D eigenvalue weighted by Crippen LogP contribution is 2.19. The Morgan fingerprint density at radius 1 is 1.00 bits per heavy atom. The third kappa shape index (κ3) is 1.49. The molecule has 0 N–H and O–H groups in total. The van der Waals surface area contributed by atoms with Gasteiger partial charge in [-0.2, -0.15) is 0 Å². The van der Waals surface area contributed by atoms with E-state index in [-0.39, 0.29) is 17.8 Å². The van der Waals surface area contributed by atoms with E-state index in [4.69, 9.17) is 0 Å². The van der Waals surface area contributed by atoms with Crippen LogP contribution in [0.25, 0.3) is 0 Å². The van der Waals surface area contributed by atoms with Crippen LogP contribution in [0.5, 0.6) is 0 Å². The van der Waals surface area contributed by atoms with Crippen LogP contribution >= 0.6 is 0 Å². The van der Waals surface area contributed by atoms with Gasteiger partial charge in [-0.15, -0.1) is 0 Å². The summed E-state index contributed by atoms with van der Waals surface area (Å²) in [7, 11) is 0. The normalized spacial score (nSPS) is 24.6. The summed E-state index contributed by atoms with van der Waals surface area (Å²) >= 11 is 0. The van der Waals surface area contributed by atoms with E-state index >= 15 is 0 Å². The fourth-order valence-electron chi connectivity index (χ4n) is 1.26. The van der Waals surface area contributed by atoms with Crippen LogP contribution in [-0.4, -0.2) is 17.3 Å². The van der Waals surface area contributed by atoms with Crippen LogP contribution in [0, 0.1) is 0 Å². The number of hydrogen-bond donors (Lipinski definition) is 0. The number of allylic oxidation sites excluding steroid dienone is 4. The number of ketones is 3. The zero-order chi connectivity index (χ0) is 10.0. The number of carbonyl (C=O) groups is 3. The van der Waals surface area contributed by atoms with Crippen molar-refractivity contribution in [2.75, 3.05) is 0 Å². The predicted molar refractivity (Wildman–Crippen MR) is 47.2 cm³/mol. The number of carbonyl (C=O) groups excluding carboxylic acids is 3. The molecule has 0 heterocycles. The van der Waals surface area contributed by atoms with Gasteiger partial charge in [0.15, 0.2) is 5.78 Å². The first-order valence-electron chi connectivity index (χ1n) is 4.05. The van der Waals surface area contributed by atoms with E-state index in [0.717, 1.165) is 0 Å². The van der Waals surface area contributed by atoms with E-state index in [1.807, 2.05) is 0 Å². The lowest BCUT2D eigenvalue weighted by Gasteiger charge is -2.12. The van der Waals surface area contributed by atoms with Crippen molar-refractivity contribution < 1.29 is 14.4 Å². The largest absolute Gasteiger partial charge is 0.290 e. The molecule has 68 valence electrons. The maximum atomic E-state index is 11.4. The molecule has 0 aromatic carbocycles. The summed E-state index contributed by atoms with van der Waals surface area (Å²) in [4.78, 5) is 33.7. The molecule has 0 saturated heterocycles. The van der Waals surface area contributed by atoms with Crippen molar-refractivity contribution in [2.45, 2.75) is 20.3 Å². The third-order valence-corrected chi connectivity index (χ3v) is 2.02.